The van der Waals surface area contributed by atoms with Crippen molar-refractivity contribution in [3.8, 4) is 5.75 Å². The second-order valence-electron chi connectivity index (χ2n) is 4.86. The first-order chi connectivity index (χ1) is 9.49. The lowest BCUT2D eigenvalue weighted by Gasteiger charge is -2.10. The third kappa shape index (κ3) is 6.22. The molecule has 0 heterocycles. The number of amides is 2. The summed E-state index contributed by atoms with van der Waals surface area (Å²) >= 11 is 0. The summed E-state index contributed by atoms with van der Waals surface area (Å²) in [6, 6.07) is 7.71. The Morgan fingerprint density at radius 1 is 1.20 bits per heavy atom. The minimum Gasteiger partial charge on any atom is -0.493 e. The fraction of sp³-hybridized carbons (Fsp3) is 0.467. The lowest BCUT2D eigenvalue weighted by atomic mass is 10.2. The molecule has 0 radical (unpaired) electrons. The number of hydrogen-bond acceptors (Lipinski definition) is 3. The van der Waals surface area contributed by atoms with E-state index in [0.717, 1.165) is 11.3 Å². The Kier molecular flexibility index (Phi) is 6.56. The number of carbonyl (C=O) groups excluding carboxylic acids is 2. The van der Waals surface area contributed by atoms with Gasteiger partial charge in [0.05, 0.1) is 19.6 Å². The van der Waals surface area contributed by atoms with E-state index >= 15 is 0 Å². The normalized spacial score (nSPS) is 10.2. The van der Waals surface area contributed by atoms with Crippen LogP contribution in [0.15, 0.2) is 24.3 Å². The Morgan fingerprint density at radius 3 is 2.55 bits per heavy atom. The summed E-state index contributed by atoms with van der Waals surface area (Å²) < 4.78 is 5.52. The van der Waals surface area contributed by atoms with Crippen molar-refractivity contribution in [2.75, 3.05) is 13.2 Å². The highest BCUT2D eigenvalue weighted by atomic mass is 16.5. The topological polar surface area (TPSA) is 67.4 Å². The highest BCUT2D eigenvalue weighted by molar-refractivity contribution is 5.84. The first-order valence-corrected chi connectivity index (χ1v) is 6.73. The van der Waals surface area contributed by atoms with Crippen LogP contribution in [-0.2, 0) is 9.59 Å². The molecule has 5 nitrogen and oxygen atoms in total. The maximum absolute atomic E-state index is 11.5. The number of ether oxygens (including phenoxy) is 1. The highest BCUT2D eigenvalue weighted by Crippen LogP contribution is 2.15. The maximum atomic E-state index is 11.5. The molecule has 0 bridgehead atoms. The smallest absolute Gasteiger partial charge is 0.239 e. The molecule has 0 aliphatic rings. The molecule has 0 aliphatic carbocycles. The molecule has 2 amide bonds. The van der Waals surface area contributed by atoms with Crippen LogP contribution < -0.4 is 15.4 Å². The number of rotatable bonds is 7. The average molecular weight is 278 g/mol. The van der Waals surface area contributed by atoms with Gasteiger partial charge in [0.2, 0.25) is 11.8 Å². The van der Waals surface area contributed by atoms with E-state index in [0.29, 0.717) is 6.61 Å². The minimum atomic E-state index is -0.197. The summed E-state index contributed by atoms with van der Waals surface area (Å²) in [4.78, 5) is 22.9. The average Bonchev–Trinajstić information content (AvgIpc) is 2.38. The van der Waals surface area contributed by atoms with Crippen molar-refractivity contribution >= 4 is 11.8 Å². The quantitative estimate of drug-likeness (QED) is 0.792. The van der Waals surface area contributed by atoms with E-state index in [1.54, 1.807) is 0 Å². The molecule has 0 saturated heterocycles. The molecule has 0 aliphatic heterocycles. The van der Waals surface area contributed by atoms with Crippen molar-refractivity contribution in [1.82, 2.24) is 10.6 Å². The molecular weight excluding hydrogens is 256 g/mol. The SMILES string of the molecule is Cc1ccccc1OCCC(=O)NCC(=O)NC(C)C. The van der Waals surface area contributed by atoms with E-state index in [1.807, 2.05) is 45.0 Å². The number of aryl methyl sites for hydroxylation is 1. The zero-order chi connectivity index (χ0) is 15.0. The second-order valence-corrected chi connectivity index (χ2v) is 4.86. The van der Waals surface area contributed by atoms with Crippen LogP contribution in [0, 0.1) is 6.92 Å². The van der Waals surface area contributed by atoms with Gasteiger partial charge in [-0.2, -0.15) is 0 Å². The van der Waals surface area contributed by atoms with Crippen LogP contribution >= 0.6 is 0 Å². The minimum absolute atomic E-state index is 0.00137. The largest absolute Gasteiger partial charge is 0.493 e. The van der Waals surface area contributed by atoms with E-state index in [4.69, 9.17) is 4.74 Å². The van der Waals surface area contributed by atoms with Crippen LogP contribution in [0.1, 0.15) is 25.8 Å². The molecule has 0 fully saturated rings. The van der Waals surface area contributed by atoms with E-state index < -0.39 is 0 Å². The Hall–Kier alpha value is -2.04. The van der Waals surface area contributed by atoms with E-state index in [-0.39, 0.29) is 30.8 Å². The zero-order valence-electron chi connectivity index (χ0n) is 12.2. The number of nitrogens with one attached hydrogen (secondary N) is 2. The number of carbonyl (C=O) groups is 2. The summed E-state index contributed by atoms with van der Waals surface area (Å²) in [5, 5.41) is 5.26. The van der Waals surface area contributed by atoms with Gasteiger partial charge in [-0.3, -0.25) is 9.59 Å². The lowest BCUT2D eigenvalue weighted by Crippen LogP contribution is -2.40. The van der Waals surface area contributed by atoms with Crippen LogP contribution in [0.2, 0.25) is 0 Å². The fourth-order valence-electron chi connectivity index (χ4n) is 1.61. The van der Waals surface area contributed by atoms with Crippen molar-refractivity contribution in [3.63, 3.8) is 0 Å². The third-order valence-electron chi connectivity index (χ3n) is 2.58. The molecule has 2 N–H and O–H groups in total. The first kappa shape index (κ1) is 16.0. The van der Waals surface area contributed by atoms with Gasteiger partial charge in [0.15, 0.2) is 0 Å². The molecule has 0 unspecified atom stereocenters. The van der Waals surface area contributed by atoms with Crippen molar-refractivity contribution in [2.24, 2.45) is 0 Å². The van der Waals surface area contributed by atoms with Gasteiger partial charge in [-0.05, 0) is 32.4 Å². The summed E-state index contributed by atoms with van der Waals surface area (Å²) in [5.74, 6) is 0.392. The van der Waals surface area contributed by atoms with Crippen molar-refractivity contribution in [3.05, 3.63) is 29.8 Å². The summed E-state index contributed by atoms with van der Waals surface area (Å²) in [7, 11) is 0. The van der Waals surface area contributed by atoms with Crippen LogP contribution in [0.3, 0.4) is 0 Å². The molecule has 0 saturated carbocycles. The Labute approximate surface area is 119 Å². The molecule has 0 spiro atoms. The standard InChI is InChI=1S/C15H22N2O3/c1-11(2)17-15(19)10-16-14(18)8-9-20-13-7-5-4-6-12(13)3/h4-7,11H,8-10H2,1-3H3,(H,16,18)(H,17,19). The van der Waals surface area contributed by atoms with E-state index in [2.05, 4.69) is 10.6 Å². The van der Waals surface area contributed by atoms with Crippen molar-refractivity contribution < 1.29 is 14.3 Å². The predicted octanol–water partition coefficient (Wildman–Crippen LogP) is 1.40. The van der Waals surface area contributed by atoms with E-state index in [1.165, 1.54) is 0 Å². The summed E-state index contributed by atoms with van der Waals surface area (Å²) in [6.07, 6.45) is 0.225. The molecule has 1 aromatic carbocycles. The van der Waals surface area contributed by atoms with Crippen LogP contribution in [0.25, 0.3) is 0 Å². The number of hydrogen-bond donors (Lipinski definition) is 2. The lowest BCUT2D eigenvalue weighted by molar-refractivity contribution is -0.126. The molecule has 1 rings (SSSR count). The Balaban J connectivity index is 2.21. The molecule has 1 aromatic rings. The molecule has 110 valence electrons. The molecular formula is C15H22N2O3. The van der Waals surface area contributed by atoms with Gasteiger partial charge in [-0.1, -0.05) is 18.2 Å². The highest BCUT2D eigenvalue weighted by Gasteiger charge is 2.07. The second kappa shape index (κ2) is 8.19. The van der Waals surface area contributed by atoms with Crippen molar-refractivity contribution in [2.45, 2.75) is 33.2 Å². The summed E-state index contributed by atoms with van der Waals surface area (Å²) in [5.41, 5.74) is 1.03. The fourth-order valence-corrected chi connectivity index (χ4v) is 1.61. The van der Waals surface area contributed by atoms with Gasteiger partial charge >= 0.3 is 0 Å². The molecule has 0 aromatic heterocycles. The summed E-state index contributed by atoms with van der Waals surface area (Å²) in [6.45, 7) is 5.99. The Morgan fingerprint density at radius 2 is 1.90 bits per heavy atom. The molecule has 20 heavy (non-hydrogen) atoms. The van der Waals surface area contributed by atoms with E-state index in [9.17, 15) is 9.59 Å². The van der Waals surface area contributed by atoms with Crippen LogP contribution in [0.5, 0.6) is 5.75 Å². The zero-order valence-corrected chi connectivity index (χ0v) is 12.2. The number of benzene rings is 1. The van der Waals surface area contributed by atoms with Gasteiger partial charge < -0.3 is 15.4 Å². The number of para-hydroxylation sites is 1. The van der Waals surface area contributed by atoms with Gasteiger partial charge in [0.25, 0.3) is 0 Å². The third-order valence-corrected chi connectivity index (χ3v) is 2.58. The maximum Gasteiger partial charge on any atom is 0.239 e. The monoisotopic (exact) mass is 278 g/mol. The first-order valence-electron chi connectivity index (χ1n) is 6.73. The van der Waals surface area contributed by atoms with Crippen LogP contribution in [0.4, 0.5) is 0 Å². The molecule has 0 atom stereocenters. The van der Waals surface area contributed by atoms with Crippen molar-refractivity contribution in [1.29, 1.82) is 0 Å². The Bertz CT molecular complexity index is 458. The predicted molar refractivity (Wildman–Crippen MR) is 77.6 cm³/mol. The van der Waals surface area contributed by atoms with Gasteiger partial charge in [0.1, 0.15) is 5.75 Å². The molecule has 5 heteroatoms. The van der Waals surface area contributed by atoms with Gasteiger partial charge in [-0.25, -0.2) is 0 Å². The van der Waals surface area contributed by atoms with Gasteiger partial charge in [-0.15, -0.1) is 0 Å². The van der Waals surface area contributed by atoms with Crippen LogP contribution in [-0.4, -0.2) is 31.0 Å². The van der Waals surface area contributed by atoms with Gasteiger partial charge in [0, 0.05) is 6.04 Å².